The van der Waals surface area contributed by atoms with E-state index in [9.17, 15) is 9.59 Å². The van der Waals surface area contributed by atoms with E-state index in [1.165, 1.54) is 10.1 Å². The number of pyridine rings is 1. The molecule has 0 saturated carbocycles. The SMILES string of the molecule is O=c1cc2n(c(=O)n1Cc1cc3nccc(-c4cc(Cl)cc5c4NCCC5)c3s1)CCC2. The molecule has 32 heavy (non-hydrogen) atoms. The van der Waals surface area contributed by atoms with Crippen molar-refractivity contribution in [2.45, 2.75) is 38.8 Å². The number of benzene rings is 1. The van der Waals surface area contributed by atoms with E-state index in [-0.39, 0.29) is 17.8 Å². The first kappa shape index (κ1) is 19.8. The molecule has 0 spiro atoms. The molecule has 0 fully saturated rings. The first-order chi connectivity index (χ1) is 15.6. The summed E-state index contributed by atoms with van der Waals surface area (Å²) in [6, 6.07) is 9.65. The van der Waals surface area contributed by atoms with Gasteiger partial charge in [-0.15, -0.1) is 11.3 Å². The summed E-state index contributed by atoms with van der Waals surface area (Å²) in [6.07, 6.45) is 5.60. The molecule has 0 radical (unpaired) electrons. The van der Waals surface area contributed by atoms with E-state index in [1.807, 2.05) is 24.3 Å². The number of hydrogen-bond acceptors (Lipinski definition) is 5. The van der Waals surface area contributed by atoms with Crippen molar-refractivity contribution in [2.75, 3.05) is 11.9 Å². The minimum absolute atomic E-state index is 0.219. The predicted molar refractivity (Wildman–Crippen MR) is 129 cm³/mol. The van der Waals surface area contributed by atoms with Gasteiger partial charge in [0.25, 0.3) is 5.56 Å². The van der Waals surface area contributed by atoms with E-state index in [0.29, 0.717) is 6.54 Å². The summed E-state index contributed by atoms with van der Waals surface area (Å²) in [5.41, 5.74) is 5.76. The maximum Gasteiger partial charge on any atom is 0.331 e. The third kappa shape index (κ3) is 3.19. The van der Waals surface area contributed by atoms with Crippen LogP contribution in [0.5, 0.6) is 0 Å². The second kappa shape index (κ2) is 7.60. The summed E-state index contributed by atoms with van der Waals surface area (Å²) in [6.45, 7) is 1.88. The normalized spacial score (nSPS) is 14.9. The van der Waals surface area contributed by atoms with Crippen molar-refractivity contribution in [2.24, 2.45) is 0 Å². The summed E-state index contributed by atoms with van der Waals surface area (Å²) in [7, 11) is 0. The van der Waals surface area contributed by atoms with Crippen LogP contribution in [-0.2, 0) is 25.9 Å². The van der Waals surface area contributed by atoms with Crippen LogP contribution in [0.1, 0.15) is 29.0 Å². The van der Waals surface area contributed by atoms with E-state index in [0.717, 1.165) is 74.9 Å². The van der Waals surface area contributed by atoms with Gasteiger partial charge in [0, 0.05) is 57.8 Å². The van der Waals surface area contributed by atoms with Crippen molar-refractivity contribution in [1.29, 1.82) is 0 Å². The van der Waals surface area contributed by atoms with Crippen molar-refractivity contribution < 1.29 is 0 Å². The fourth-order valence-corrected chi connectivity index (χ4v) is 6.25. The summed E-state index contributed by atoms with van der Waals surface area (Å²) in [5, 5.41) is 4.27. The average Bonchev–Trinajstić information content (AvgIpc) is 3.42. The van der Waals surface area contributed by atoms with Crippen LogP contribution in [0.15, 0.2) is 46.1 Å². The highest BCUT2D eigenvalue weighted by atomic mass is 35.5. The molecule has 3 aromatic heterocycles. The highest BCUT2D eigenvalue weighted by Gasteiger charge is 2.20. The topological polar surface area (TPSA) is 68.9 Å². The van der Waals surface area contributed by atoms with Crippen LogP contribution < -0.4 is 16.6 Å². The highest BCUT2D eigenvalue weighted by Crippen LogP contribution is 2.41. The van der Waals surface area contributed by atoms with Crippen LogP contribution in [0.3, 0.4) is 0 Å². The largest absolute Gasteiger partial charge is 0.384 e. The first-order valence-electron chi connectivity index (χ1n) is 10.9. The Balaban J connectivity index is 1.47. The summed E-state index contributed by atoms with van der Waals surface area (Å²) >= 11 is 8.04. The molecule has 0 unspecified atom stereocenters. The van der Waals surface area contributed by atoms with Gasteiger partial charge in [-0.2, -0.15) is 0 Å². The molecule has 8 heteroatoms. The van der Waals surface area contributed by atoms with Gasteiger partial charge in [0.2, 0.25) is 0 Å². The molecule has 4 aromatic rings. The highest BCUT2D eigenvalue weighted by molar-refractivity contribution is 7.19. The first-order valence-corrected chi connectivity index (χ1v) is 12.1. The zero-order valence-electron chi connectivity index (χ0n) is 17.4. The lowest BCUT2D eigenvalue weighted by Crippen LogP contribution is -2.39. The molecule has 2 aliphatic heterocycles. The Morgan fingerprint density at radius 1 is 1.09 bits per heavy atom. The lowest BCUT2D eigenvalue weighted by molar-refractivity contribution is 0.607. The van der Waals surface area contributed by atoms with Gasteiger partial charge in [-0.1, -0.05) is 11.6 Å². The Hall–Kier alpha value is -2.90. The number of aromatic nitrogens is 3. The van der Waals surface area contributed by atoms with E-state index in [2.05, 4.69) is 10.3 Å². The number of nitrogens with zero attached hydrogens (tertiary/aromatic N) is 3. The summed E-state index contributed by atoms with van der Waals surface area (Å²) in [5.74, 6) is 0. The molecule has 6 rings (SSSR count). The van der Waals surface area contributed by atoms with Gasteiger partial charge in [-0.25, -0.2) is 4.79 Å². The molecular weight excluding hydrogens is 444 g/mol. The third-order valence-electron chi connectivity index (χ3n) is 6.36. The Morgan fingerprint density at radius 3 is 2.91 bits per heavy atom. The quantitative estimate of drug-likeness (QED) is 0.491. The Bertz CT molecular complexity index is 1500. The fraction of sp³-hybridized carbons (Fsp3) is 0.292. The zero-order chi connectivity index (χ0) is 21.8. The number of thiophene rings is 1. The molecule has 1 N–H and O–H groups in total. The van der Waals surface area contributed by atoms with Gasteiger partial charge in [-0.3, -0.25) is 18.9 Å². The van der Waals surface area contributed by atoms with E-state index < -0.39 is 0 Å². The smallest absolute Gasteiger partial charge is 0.331 e. The number of aryl methyl sites for hydroxylation is 2. The van der Waals surface area contributed by atoms with Crippen molar-refractivity contribution in [3.05, 3.63) is 78.5 Å². The van der Waals surface area contributed by atoms with Gasteiger partial charge in [0.1, 0.15) is 0 Å². The standard InChI is InChI=1S/C24H21ClN4O2S/c25-15-9-14-3-1-6-27-22(14)19(10-15)18-5-7-26-20-12-17(32-23(18)20)13-29-21(30)11-16-4-2-8-28(16)24(29)31/h5,7,9-12,27H,1-4,6,8,13H2. The molecule has 1 aromatic carbocycles. The molecular formula is C24H21ClN4O2S. The van der Waals surface area contributed by atoms with E-state index >= 15 is 0 Å². The molecule has 6 nitrogen and oxygen atoms in total. The van der Waals surface area contributed by atoms with Gasteiger partial charge in [0.15, 0.2) is 0 Å². The van der Waals surface area contributed by atoms with Crippen LogP contribution >= 0.6 is 22.9 Å². The van der Waals surface area contributed by atoms with Crippen LogP contribution in [0.25, 0.3) is 21.3 Å². The van der Waals surface area contributed by atoms with Gasteiger partial charge in [0.05, 0.1) is 16.8 Å². The number of rotatable bonds is 3. The number of hydrogen-bond donors (Lipinski definition) is 1. The van der Waals surface area contributed by atoms with E-state index in [1.54, 1.807) is 28.2 Å². The number of fused-ring (bicyclic) bond motifs is 3. The van der Waals surface area contributed by atoms with E-state index in [4.69, 9.17) is 11.6 Å². The molecule has 5 heterocycles. The second-order valence-electron chi connectivity index (χ2n) is 8.40. The van der Waals surface area contributed by atoms with Gasteiger partial charge in [-0.05, 0) is 55.5 Å². The lowest BCUT2D eigenvalue weighted by atomic mass is 9.95. The monoisotopic (exact) mass is 464 g/mol. The number of nitrogens with one attached hydrogen (secondary N) is 1. The Kier molecular flexibility index (Phi) is 4.69. The minimum atomic E-state index is -0.234. The zero-order valence-corrected chi connectivity index (χ0v) is 18.9. The molecule has 0 saturated heterocycles. The Morgan fingerprint density at radius 2 is 2.00 bits per heavy atom. The fourth-order valence-electron chi connectivity index (χ4n) is 4.88. The average molecular weight is 465 g/mol. The van der Waals surface area contributed by atoms with Gasteiger partial charge < -0.3 is 5.32 Å². The van der Waals surface area contributed by atoms with Crippen molar-refractivity contribution in [3.8, 4) is 11.1 Å². The molecule has 0 aliphatic carbocycles. The molecule has 162 valence electrons. The lowest BCUT2D eigenvalue weighted by Gasteiger charge is -2.22. The van der Waals surface area contributed by atoms with Crippen LogP contribution in [0.4, 0.5) is 5.69 Å². The van der Waals surface area contributed by atoms with Crippen LogP contribution in [0.2, 0.25) is 5.02 Å². The van der Waals surface area contributed by atoms with Crippen molar-refractivity contribution in [1.82, 2.24) is 14.1 Å². The molecule has 0 atom stereocenters. The van der Waals surface area contributed by atoms with Crippen LogP contribution in [-0.4, -0.2) is 20.7 Å². The van der Waals surface area contributed by atoms with Gasteiger partial charge >= 0.3 is 5.69 Å². The number of halogens is 1. The van der Waals surface area contributed by atoms with Crippen molar-refractivity contribution >= 4 is 38.8 Å². The number of anilines is 1. The van der Waals surface area contributed by atoms with Crippen LogP contribution in [0, 0.1) is 0 Å². The minimum Gasteiger partial charge on any atom is -0.384 e. The maximum absolute atomic E-state index is 12.9. The summed E-state index contributed by atoms with van der Waals surface area (Å²) in [4.78, 5) is 31.0. The summed E-state index contributed by atoms with van der Waals surface area (Å²) < 4.78 is 4.10. The molecule has 0 amide bonds. The second-order valence-corrected chi connectivity index (χ2v) is 9.97. The molecule has 2 aliphatic rings. The predicted octanol–water partition coefficient (Wildman–Crippen LogP) is 4.29. The maximum atomic E-state index is 12.9. The third-order valence-corrected chi connectivity index (χ3v) is 7.72. The Labute approximate surface area is 193 Å². The molecule has 0 bridgehead atoms. The van der Waals surface area contributed by atoms with Crippen molar-refractivity contribution in [3.63, 3.8) is 0 Å².